The number of nitrogens with zero attached hydrogens (tertiary/aromatic N) is 3. The topological polar surface area (TPSA) is 79.4 Å². The Morgan fingerprint density at radius 1 is 1.22 bits per heavy atom. The second-order valence-corrected chi connectivity index (χ2v) is 10.6. The van der Waals surface area contributed by atoms with Gasteiger partial charge in [-0.3, -0.25) is 14.7 Å². The van der Waals surface area contributed by atoms with Gasteiger partial charge >= 0.3 is 0 Å². The Morgan fingerprint density at radius 2 is 2.06 bits per heavy atom. The van der Waals surface area contributed by atoms with Gasteiger partial charge in [0.25, 0.3) is 5.91 Å². The van der Waals surface area contributed by atoms with E-state index in [-0.39, 0.29) is 11.9 Å². The van der Waals surface area contributed by atoms with E-state index >= 15 is 0 Å². The zero-order valence-electron chi connectivity index (χ0n) is 20.6. The third-order valence-electron chi connectivity index (χ3n) is 7.05. The first-order valence-electron chi connectivity index (χ1n) is 12.4. The fraction of sp³-hybridized carbons (Fsp3) is 0.321. The SMILES string of the molecule is C=Cc1cc(-c2ccc3c(ccc4sc5c(c43)NC[C@@H](C)NC5=O)n2)c(C)c(CN2CCOCC2)n1. The summed E-state index contributed by atoms with van der Waals surface area (Å²) in [7, 11) is 0. The highest BCUT2D eigenvalue weighted by atomic mass is 32.1. The van der Waals surface area contributed by atoms with Crippen molar-refractivity contribution in [3.63, 3.8) is 0 Å². The Bertz CT molecular complexity index is 1510. The Labute approximate surface area is 214 Å². The average molecular weight is 500 g/mol. The van der Waals surface area contributed by atoms with Crippen LogP contribution < -0.4 is 10.6 Å². The summed E-state index contributed by atoms with van der Waals surface area (Å²) in [4.78, 5) is 25.8. The van der Waals surface area contributed by atoms with Gasteiger partial charge in [-0.2, -0.15) is 0 Å². The Kier molecular flexibility index (Phi) is 5.95. The minimum atomic E-state index is -0.0152. The molecule has 8 heteroatoms. The molecule has 4 aromatic rings. The van der Waals surface area contributed by atoms with E-state index in [1.165, 1.54) is 11.3 Å². The molecule has 6 rings (SSSR count). The van der Waals surface area contributed by atoms with Gasteiger partial charge < -0.3 is 15.4 Å². The molecule has 2 N–H and O–H groups in total. The van der Waals surface area contributed by atoms with Crippen LogP contribution in [0.4, 0.5) is 5.69 Å². The number of carbonyl (C=O) groups excluding carboxylic acids is 1. The lowest BCUT2D eigenvalue weighted by Crippen LogP contribution is -2.36. The van der Waals surface area contributed by atoms with Crippen LogP contribution in [-0.4, -0.2) is 59.7 Å². The molecule has 3 aromatic heterocycles. The van der Waals surface area contributed by atoms with Gasteiger partial charge in [0.2, 0.25) is 0 Å². The van der Waals surface area contributed by atoms with Crippen LogP contribution in [0.1, 0.15) is 33.5 Å². The number of hydrogen-bond donors (Lipinski definition) is 2. The van der Waals surface area contributed by atoms with E-state index in [2.05, 4.69) is 59.4 Å². The van der Waals surface area contributed by atoms with Crippen molar-refractivity contribution in [1.82, 2.24) is 20.2 Å². The molecular formula is C28H29N5O2S. The number of ether oxygens (including phenoxy) is 1. The number of pyridine rings is 2. The van der Waals surface area contributed by atoms with Gasteiger partial charge in [-0.1, -0.05) is 6.58 Å². The number of morpholine rings is 1. The first-order chi connectivity index (χ1) is 17.5. The van der Waals surface area contributed by atoms with Gasteiger partial charge in [-0.15, -0.1) is 11.3 Å². The minimum absolute atomic E-state index is 0.0152. The van der Waals surface area contributed by atoms with E-state index in [0.717, 1.165) is 92.6 Å². The van der Waals surface area contributed by atoms with Crippen LogP contribution in [-0.2, 0) is 11.3 Å². The van der Waals surface area contributed by atoms with Crippen LogP contribution in [0.15, 0.2) is 36.9 Å². The predicted octanol–water partition coefficient (Wildman–Crippen LogP) is 4.84. The lowest BCUT2D eigenvalue weighted by atomic mass is 10.0. The number of rotatable bonds is 4. The number of aromatic nitrogens is 2. The molecule has 0 bridgehead atoms. The van der Waals surface area contributed by atoms with E-state index < -0.39 is 0 Å². The molecule has 1 atom stereocenters. The average Bonchev–Trinajstić information content (AvgIpc) is 3.21. The lowest BCUT2D eigenvalue weighted by Gasteiger charge is -2.27. The van der Waals surface area contributed by atoms with Gasteiger partial charge in [0.15, 0.2) is 0 Å². The zero-order valence-corrected chi connectivity index (χ0v) is 21.4. The van der Waals surface area contributed by atoms with Crippen molar-refractivity contribution in [2.75, 3.05) is 38.2 Å². The molecular weight excluding hydrogens is 470 g/mol. The molecule has 1 saturated heterocycles. The maximum atomic E-state index is 12.8. The summed E-state index contributed by atoms with van der Waals surface area (Å²) < 4.78 is 6.59. The number of fused-ring (bicyclic) bond motifs is 5. The molecule has 5 heterocycles. The first kappa shape index (κ1) is 23.1. The normalized spacial score (nSPS) is 18.5. The third-order valence-corrected chi connectivity index (χ3v) is 8.20. The summed E-state index contributed by atoms with van der Waals surface area (Å²) in [6.45, 7) is 12.9. The van der Waals surface area contributed by atoms with Crippen molar-refractivity contribution >= 4 is 50.0 Å². The number of carbonyl (C=O) groups is 1. The Balaban J connectivity index is 1.45. The maximum Gasteiger partial charge on any atom is 0.263 e. The minimum Gasteiger partial charge on any atom is -0.381 e. The molecule has 2 aliphatic rings. The number of anilines is 1. The quantitative estimate of drug-likeness (QED) is 0.418. The fourth-order valence-electron chi connectivity index (χ4n) is 5.05. The summed E-state index contributed by atoms with van der Waals surface area (Å²) in [6, 6.07) is 10.5. The fourth-order valence-corrected chi connectivity index (χ4v) is 6.15. The largest absolute Gasteiger partial charge is 0.381 e. The molecule has 0 unspecified atom stereocenters. The summed E-state index contributed by atoms with van der Waals surface area (Å²) in [5, 5.41) is 8.68. The predicted molar refractivity (Wildman–Crippen MR) is 147 cm³/mol. The van der Waals surface area contributed by atoms with Crippen LogP contribution in [0, 0.1) is 6.92 Å². The van der Waals surface area contributed by atoms with Gasteiger partial charge in [-0.25, -0.2) is 4.98 Å². The molecule has 1 amide bonds. The van der Waals surface area contributed by atoms with Crippen LogP contribution in [0.25, 0.3) is 38.3 Å². The monoisotopic (exact) mass is 499 g/mol. The summed E-state index contributed by atoms with van der Waals surface area (Å²) in [5.74, 6) is -0.0152. The molecule has 0 radical (unpaired) electrons. The zero-order chi connectivity index (χ0) is 24.8. The summed E-state index contributed by atoms with van der Waals surface area (Å²) in [6.07, 6.45) is 1.80. The number of benzene rings is 1. The lowest BCUT2D eigenvalue weighted by molar-refractivity contribution is 0.0335. The highest BCUT2D eigenvalue weighted by Crippen LogP contribution is 2.41. The molecule has 184 valence electrons. The van der Waals surface area contributed by atoms with Gasteiger partial charge in [0.1, 0.15) is 4.88 Å². The molecule has 36 heavy (non-hydrogen) atoms. The number of nitrogens with one attached hydrogen (secondary N) is 2. The molecule has 0 aliphatic carbocycles. The van der Waals surface area contributed by atoms with E-state index in [1.807, 2.05) is 6.92 Å². The van der Waals surface area contributed by atoms with E-state index in [1.54, 1.807) is 6.08 Å². The van der Waals surface area contributed by atoms with Crippen LogP contribution in [0.3, 0.4) is 0 Å². The van der Waals surface area contributed by atoms with E-state index in [4.69, 9.17) is 14.7 Å². The van der Waals surface area contributed by atoms with Crippen LogP contribution in [0.2, 0.25) is 0 Å². The molecule has 0 spiro atoms. The molecule has 0 saturated carbocycles. The number of thiophene rings is 1. The van der Waals surface area contributed by atoms with Crippen molar-refractivity contribution in [2.45, 2.75) is 26.4 Å². The smallest absolute Gasteiger partial charge is 0.263 e. The van der Waals surface area contributed by atoms with Crippen molar-refractivity contribution in [2.24, 2.45) is 0 Å². The van der Waals surface area contributed by atoms with Crippen molar-refractivity contribution in [3.8, 4) is 11.3 Å². The van der Waals surface area contributed by atoms with E-state index in [9.17, 15) is 4.79 Å². The van der Waals surface area contributed by atoms with Crippen LogP contribution in [0.5, 0.6) is 0 Å². The van der Waals surface area contributed by atoms with Crippen molar-refractivity contribution in [3.05, 3.63) is 58.7 Å². The highest BCUT2D eigenvalue weighted by molar-refractivity contribution is 7.21. The van der Waals surface area contributed by atoms with Crippen molar-refractivity contribution in [1.29, 1.82) is 0 Å². The summed E-state index contributed by atoms with van der Waals surface area (Å²) >= 11 is 1.53. The Morgan fingerprint density at radius 3 is 2.86 bits per heavy atom. The molecule has 1 aromatic carbocycles. The van der Waals surface area contributed by atoms with Gasteiger partial charge in [0.05, 0.1) is 41.5 Å². The molecule has 7 nitrogen and oxygen atoms in total. The van der Waals surface area contributed by atoms with Crippen LogP contribution >= 0.6 is 11.3 Å². The second-order valence-electron chi connectivity index (χ2n) is 9.52. The molecule has 1 fully saturated rings. The standard InChI is InChI=1S/C28H29N5O2S/c1-4-18-13-20(17(3)23(31-18)15-33-9-11-35-12-10-33)22-6-5-19-21(32-22)7-8-24-25(19)26-27(36-24)28(34)30-16(2)14-29-26/h4-8,13,16,29H,1,9-12,14-15H2,2-3H3,(H,30,34)/t16-/m1/s1. The van der Waals surface area contributed by atoms with Gasteiger partial charge in [-0.05, 0) is 55.8 Å². The van der Waals surface area contributed by atoms with Gasteiger partial charge in [0, 0.05) is 53.3 Å². The Hall–Kier alpha value is -3.33. The third kappa shape index (κ3) is 4.05. The highest BCUT2D eigenvalue weighted by Gasteiger charge is 2.25. The summed E-state index contributed by atoms with van der Waals surface area (Å²) in [5.41, 5.74) is 6.84. The molecule has 2 aliphatic heterocycles. The second kappa shape index (κ2) is 9.28. The maximum absolute atomic E-state index is 12.8. The number of hydrogen-bond acceptors (Lipinski definition) is 7. The number of amides is 1. The van der Waals surface area contributed by atoms with Crippen molar-refractivity contribution < 1.29 is 9.53 Å². The first-order valence-corrected chi connectivity index (χ1v) is 13.2. The van der Waals surface area contributed by atoms with E-state index in [0.29, 0.717) is 6.54 Å².